The van der Waals surface area contributed by atoms with Gasteiger partial charge in [0, 0.05) is 23.2 Å². The van der Waals surface area contributed by atoms with Crippen LogP contribution in [0.5, 0.6) is 5.75 Å². The Balaban J connectivity index is 1.57. The van der Waals surface area contributed by atoms with Gasteiger partial charge >= 0.3 is 0 Å². The number of halogens is 1. The Hall–Kier alpha value is -3.10. The number of benzene rings is 2. The van der Waals surface area contributed by atoms with Gasteiger partial charge in [-0.05, 0) is 42.3 Å². The average Bonchev–Trinajstić information content (AvgIpc) is 3.10. The molecule has 0 spiro atoms. The Morgan fingerprint density at radius 3 is 2.80 bits per heavy atom. The van der Waals surface area contributed by atoms with Crippen LogP contribution in [0.3, 0.4) is 0 Å². The molecule has 7 nitrogen and oxygen atoms in total. The molecule has 1 amide bonds. The quantitative estimate of drug-likeness (QED) is 0.240. The molecule has 0 fully saturated rings. The Bertz CT molecular complexity index is 1080. The van der Waals surface area contributed by atoms with E-state index < -0.39 is 0 Å². The molecule has 0 saturated carbocycles. The summed E-state index contributed by atoms with van der Waals surface area (Å²) in [6.07, 6.45) is 3.66. The minimum absolute atomic E-state index is 0.117. The molecule has 3 aromatic rings. The number of carbonyl (C=O) groups is 1. The molecule has 0 aliphatic heterocycles. The van der Waals surface area contributed by atoms with Crippen LogP contribution < -0.4 is 5.43 Å². The van der Waals surface area contributed by atoms with E-state index in [1.165, 1.54) is 18.0 Å². The number of aromatic nitrogens is 3. The highest BCUT2D eigenvalue weighted by Gasteiger charge is 2.13. The van der Waals surface area contributed by atoms with E-state index in [2.05, 4.69) is 27.3 Å². The number of hydrogen-bond acceptors (Lipinski definition) is 6. The molecule has 0 atom stereocenters. The second-order valence-corrected chi connectivity index (χ2v) is 7.68. The number of aromatic hydroxyl groups is 1. The number of allylic oxidation sites excluding steroid dienone is 1. The molecule has 0 radical (unpaired) electrons. The topological polar surface area (TPSA) is 92.4 Å². The molecule has 3 rings (SSSR count). The average molecular weight is 442 g/mol. The van der Waals surface area contributed by atoms with Gasteiger partial charge in [0.15, 0.2) is 11.0 Å². The zero-order valence-corrected chi connectivity index (χ0v) is 17.8. The van der Waals surface area contributed by atoms with Gasteiger partial charge in [-0.1, -0.05) is 41.6 Å². The fourth-order valence-electron chi connectivity index (χ4n) is 2.66. The summed E-state index contributed by atoms with van der Waals surface area (Å²) < 4.78 is 1.81. The van der Waals surface area contributed by atoms with Crippen LogP contribution in [0.1, 0.15) is 11.1 Å². The van der Waals surface area contributed by atoms with Gasteiger partial charge < -0.3 is 9.67 Å². The SMILES string of the molecule is C=CCc1cccc(/C=N\NC(=O)CSc2nnc(-c3ccc(Cl)cc3)n2C)c1O. The normalized spacial score (nSPS) is 11.0. The number of para-hydroxylation sites is 1. The molecule has 0 bridgehead atoms. The van der Waals surface area contributed by atoms with E-state index in [4.69, 9.17) is 11.6 Å². The van der Waals surface area contributed by atoms with E-state index >= 15 is 0 Å². The van der Waals surface area contributed by atoms with Crippen molar-refractivity contribution in [2.75, 3.05) is 5.75 Å². The lowest BCUT2D eigenvalue weighted by molar-refractivity contribution is -0.118. The highest BCUT2D eigenvalue weighted by Crippen LogP contribution is 2.24. The van der Waals surface area contributed by atoms with Gasteiger partial charge in [-0.25, -0.2) is 5.43 Å². The molecule has 9 heteroatoms. The lowest BCUT2D eigenvalue weighted by atomic mass is 10.1. The van der Waals surface area contributed by atoms with Gasteiger partial charge in [0.2, 0.25) is 0 Å². The van der Waals surface area contributed by atoms with Crippen LogP contribution in [-0.4, -0.2) is 37.7 Å². The lowest BCUT2D eigenvalue weighted by Crippen LogP contribution is -2.20. The van der Waals surface area contributed by atoms with Crippen LogP contribution >= 0.6 is 23.4 Å². The maximum Gasteiger partial charge on any atom is 0.250 e. The summed E-state index contributed by atoms with van der Waals surface area (Å²) in [5.41, 5.74) is 4.60. The number of nitrogens with one attached hydrogen (secondary N) is 1. The van der Waals surface area contributed by atoms with Gasteiger partial charge in [0.1, 0.15) is 5.75 Å². The molecular weight excluding hydrogens is 422 g/mol. The number of rotatable bonds is 8. The Morgan fingerprint density at radius 2 is 2.07 bits per heavy atom. The number of thioether (sulfide) groups is 1. The number of hydrogen-bond donors (Lipinski definition) is 2. The molecule has 154 valence electrons. The van der Waals surface area contributed by atoms with Gasteiger partial charge in [0.25, 0.3) is 5.91 Å². The van der Waals surface area contributed by atoms with Crippen molar-refractivity contribution in [3.8, 4) is 17.1 Å². The summed E-state index contributed by atoms with van der Waals surface area (Å²) in [5.74, 6) is 0.627. The molecule has 0 saturated heterocycles. The maximum absolute atomic E-state index is 12.1. The largest absolute Gasteiger partial charge is 0.507 e. The number of phenolic OH excluding ortho intramolecular Hbond substituents is 1. The molecule has 30 heavy (non-hydrogen) atoms. The van der Waals surface area contributed by atoms with Crippen LogP contribution in [0, 0.1) is 0 Å². The summed E-state index contributed by atoms with van der Waals surface area (Å²) in [6.45, 7) is 3.67. The van der Waals surface area contributed by atoms with Gasteiger partial charge in [-0.3, -0.25) is 4.79 Å². The first kappa shape index (κ1) is 21.6. The molecule has 1 aromatic heterocycles. The van der Waals surface area contributed by atoms with Crippen LogP contribution in [0.25, 0.3) is 11.4 Å². The molecule has 2 aromatic carbocycles. The molecule has 2 N–H and O–H groups in total. The van der Waals surface area contributed by atoms with E-state index in [9.17, 15) is 9.90 Å². The van der Waals surface area contributed by atoms with E-state index in [1.54, 1.807) is 24.3 Å². The standard InChI is InChI=1S/C21H20ClN5O2S/c1-3-5-14-6-4-7-16(19(14)29)12-23-24-18(28)13-30-21-26-25-20(27(21)2)15-8-10-17(22)11-9-15/h3-4,6-12,29H,1,5,13H2,2H3,(H,24,28)/b23-12-. The predicted molar refractivity (Wildman–Crippen MR) is 120 cm³/mol. The predicted octanol–water partition coefficient (Wildman–Crippen LogP) is 3.81. The molecule has 0 aliphatic rings. The highest BCUT2D eigenvalue weighted by atomic mass is 35.5. The van der Waals surface area contributed by atoms with Crippen molar-refractivity contribution in [1.82, 2.24) is 20.2 Å². The van der Waals surface area contributed by atoms with E-state index in [0.717, 1.165) is 11.1 Å². The Morgan fingerprint density at radius 1 is 1.30 bits per heavy atom. The third-order valence-electron chi connectivity index (χ3n) is 4.18. The third-order valence-corrected chi connectivity index (χ3v) is 5.45. The number of hydrazone groups is 1. The van der Waals surface area contributed by atoms with Gasteiger partial charge in [-0.2, -0.15) is 5.10 Å². The first-order chi connectivity index (χ1) is 14.5. The fraction of sp³-hybridized carbons (Fsp3) is 0.143. The summed E-state index contributed by atoms with van der Waals surface area (Å²) >= 11 is 7.17. The molecule has 1 heterocycles. The number of phenols is 1. The summed E-state index contributed by atoms with van der Waals surface area (Å²) in [7, 11) is 1.83. The van der Waals surface area contributed by atoms with Crippen molar-refractivity contribution in [2.45, 2.75) is 11.6 Å². The van der Waals surface area contributed by atoms with Crippen LogP contribution in [-0.2, 0) is 18.3 Å². The molecule has 0 unspecified atom stereocenters. The lowest BCUT2D eigenvalue weighted by Gasteiger charge is -2.05. The third kappa shape index (κ3) is 5.28. The van der Waals surface area contributed by atoms with Crippen molar-refractivity contribution in [3.05, 3.63) is 71.3 Å². The van der Waals surface area contributed by atoms with Crippen LogP contribution in [0.15, 0.2) is 65.4 Å². The van der Waals surface area contributed by atoms with E-state index in [0.29, 0.717) is 28.0 Å². The second-order valence-electron chi connectivity index (χ2n) is 6.30. The smallest absolute Gasteiger partial charge is 0.250 e. The molecular formula is C21H20ClN5O2S. The zero-order valence-electron chi connectivity index (χ0n) is 16.2. The second kappa shape index (κ2) is 10.1. The molecule has 0 aliphatic carbocycles. The fourth-order valence-corrected chi connectivity index (χ4v) is 3.49. The van der Waals surface area contributed by atoms with Crippen molar-refractivity contribution >= 4 is 35.5 Å². The van der Waals surface area contributed by atoms with Crippen molar-refractivity contribution in [1.29, 1.82) is 0 Å². The highest BCUT2D eigenvalue weighted by molar-refractivity contribution is 7.99. The van der Waals surface area contributed by atoms with Gasteiger partial charge in [-0.15, -0.1) is 16.8 Å². The van der Waals surface area contributed by atoms with Crippen molar-refractivity contribution in [2.24, 2.45) is 12.1 Å². The summed E-state index contributed by atoms with van der Waals surface area (Å²) in [6, 6.07) is 12.6. The number of amides is 1. The van der Waals surface area contributed by atoms with Crippen molar-refractivity contribution < 1.29 is 9.90 Å². The number of nitrogens with zero attached hydrogens (tertiary/aromatic N) is 4. The minimum atomic E-state index is -0.297. The minimum Gasteiger partial charge on any atom is -0.507 e. The zero-order chi connectivity index (χ0) is 21.5. The maximum atomic E-state index is 12.1. The van der Waals surface area contributed by atoms with E-state index in [-0.39, 0.29) is 17.4 Å². The van der Waals surface area contributed by atoms with Crippen LogP contribution in [0.4, 0.5) is 0 Å². The first-order valence-electron chi connectivity index (χ1n) is 9.01. The summed E-state index contributed by atoms with van der Waals surface area (Å²) in [5, 5.41) is 23.7. The Kier molecular flexibility index (Phi) is 7.26. The number of carbonyl (C=O) groups excluding carboxylic acids is 1. The van der Waals surface area contributed by atoms with Crippen molar-refractivity contribution in [3.63, 3.8) is 0 Å². The van der Waals surface area contributed by atoms with Gasteiger partial charge in [0.05, 0.1) is 12.0 Å². The van der Waals surface area contributed by atoms with Crippen LogP contribution in [0.2, 0.25) is 5.02 Å². The monoisotopic (exact) mass is 441 g/mol. The summed E-state index contributed by atoms with van der Waals surface area (Å²) in [4.78, 5) is 12.1. The Labute approximate surface area is 183 Å². The first-order valence-corrected chi connectivity index (χ1v) is 10.4. The van der Waals surface area contributed by atoms with E-state index in [1.807, 2.05) is 35.9 Å².